The van der Waals surface area contributed by atoms with Gasteiger partial charge >= 0.3 is 0 Å². The molecule has 0 atom stereocenters. The van der Waals surface area contributed by atoms with Crippen LogP contribution in [0.3, 0.4) is 0 Å². The van der Waals surface area contributed by atoms with Gasteiger partial charge in [-0.1, -0.05) is 0 Å². The summed E-state index contributed by atoms with van der Waals surface area (Å²) in [6, 6.07) is 7.08. The van der Waals surface area contributed by atoms with Crippen LogP contribution in [0.5, 0.6) is 0 Å². The van der Waals surface area contributed by atoms with Gasteiger partial charge in [0.2, 0.25) is 0 Å². The van der Waals surface area contributed by atoms with Crippen molar-refractivity contribution >= 4 is 27.5 Å². The average Bonchev–Trinajstić information content (AvgIpc) is 2.96. The molecule has 1 aromatic carbocycles. The number of nitrogens with zero attached hydrogens (tertiary/aromatic N) is 2. The van der Waals surface area contributed by atoms with Gasteiger partial charge in [-0.05, 0) is 35.7 Å². The SMILES string of the molecule is CN(Cc1nc2ccsc2c(=O)[nH]1)C(=O)c1ccc(F)cc1. The van der Waals surface area contributed by atoms with E-state index in [1.165, 1.54) is 40.5 Å². The molecule has 0 aliphatic heterocycles. The molecule has 0 aliphatic carbocycles. The van der Waals surface area contributed by atoms with Crippen LogP contribution in [0.15, 0.2) is 40.5 Å². The van der Waals surface area contributed by atoms with Crippen molar-refractivity contribution in [2.24, 2.45) is 0 Å². The van der Waals surface area contributed by atoms with Gasteiger partial charge in [0.25, 0.3) is 11.5 Å². The summed E-state index contributed by atoms with van der Waals surface area (Å²) in [6.07, 6.45) is 0. The maximum absolute atomic E-state index is 12.9. The quantitative estimate of drug-likeness (QED) is 0.806. The smallest absolute Gasteiger partial charge is 0.268 e. The summed E-state index contributed by atoms with van der Waals surface area (Å²) in [7, 11) is 1.60. The molecule has 0 unspecified atom stereocenters. The van der Waals surface area contributed by atoms with Gasteiger partial charge in [0.15, 0.2) is 0 Å². The third-order valence-electron chi connectivity index (χ3n) is 3.19. The molecule has 112 valence electrons. The van der Waals surface area contributed by atoms with E-state index in [9.17, 15) is 14.0 Å². The number of carbonyl (C=O) groups is 1. The average molecular weight is 317 g/mol. The van der Waals surface area contributed by atoms with Crippen LogP contribution in [0.25, 0.3) is 10.2 Å². The van der Waals surface area contributed by atoms with Crippen molar-refractivity contribution in [1.29, 1.82) is 0 Å². The lowest BCUT2D eigenvalue weighted by molar-refractivity contribution is 0.0781. The lowest BCUT2D eigenvalue weighted by Crippen LogP contribution is -2.28. The minimum atomic E-state index is -0.395. The molecule has 0 radical (unpaired) electrons. The van der Waals surface area contributed by atoms with E-state index < -0.39 is 5.82 Å². The number of carbonyl (C=O) groups excluding carboxylic acids is 1. The first-order chi connectivity index (χ1) is 10.5. The van der Waals surface area contributed by atoms with Crippen LogP contribution in [0.4, 0.5) is 4.39 Å². The Bertz CT molecular complexity index is 886. The standard InChI is InChI=1S/C15H12FN3O2S/c1-19(15(21)9-2-4-10(16)5-3-9)8-12-17-11-6-7-22-13(11)14(20)18-12/h2-7H,8H2,1H3,(H,17,18,20). The predicted molar refractivity (Wildman–Crippen MR) is 82.4 cm³/mol. The minimum absolute atomic E-state index is 0.164. The molecule has 22 heavy (non-hydrogen) atoms. The van der Waals surface area contributed by atoms with E-state index in [-0.39, 0.29) is 18.0 Å². The van der Waals surface area contributed by atoms with Crippen molar-refractivity contribution in [2.75, 3.05) is 7.05 Å². The van der Waals surface area contributed by atoms with E-state index in [2.05, 4.69) is 9.97 Å². The number of benzene rings is 1. The van der Waals surface area contributed by atoms with Crippen molar-refractivity contribution in [3.8, 4) is 0 Å². The second-order valence-electron chi connectivity index (χ2n) is 4.82. The van der Waals surface area contributed by atoms with Gasteiger partial charge in [-0.2, -0.15) is 0 Å². The van der Waals surface area contributed by atoms with E-state index in [0.29, 0.717) is 21.6 Å². The highest BCUT2D eigenvalue weighted by atomic mass is 32.1. The van der Waals surface area contributed by atoms with Gasteiger partial charge < -0.3 is 9.88 Å². The second-order valence-corrected chi connectivity index (χ2v) is 5.73. The lowest BCUT2D eigenvalue weighted by Gasteiger charge is -2.16. The fourth-order valence-electron chi connectivity index (χ4n) is 2.11. The van der Waals surface area contributed by atoms with E-state index in [1.807, 2.05) is 0 Å². The number of fused-ring (bicyclic) bond motifs is 1. The minimum Gasteiger partial charge on any atom is -0.334 e. The van der Waals surface area contributed by atoms with Crippen LogP contribution >= 0.6 is 11.3 Å². The van der Waals surface area contributed by atoms with Crippen LogP contribution < -0.4 is 5.56 Å². The van der Waals surface area contributed by atoms with Crippen molar-refractivity contribution in [3.05, 3.63) is 63.3 Å². The third kappa shape index (κ3) is 2.75. The lowest BCUT2D eigenvalue weighted by atomic mass is 10.2. The number of halogens is 1. The topological polar surface area (TPSA) is 66.1 Å². The Morgan fingerprint density at radius 3 is 2.77 bits per heavy atom. The fourth-order valence-corrected chi connectivity index (χ4v) is 2.83. The van der Waals surface area contributed by atoms with Gasteiger partial charge in [-0.25, -0.2) is 9.37 Å². The van der Waals surface area contributed by atoms with Gasteiger partial charge in [0, 0.05) is 12.6 Å². The van der Waals surface area contributed by atoms with Gasteiger partial charge in [-0.15, -0.1) is 11.3 Å². The van der Waals surface area contributed by atoms with Crippen LogP contribution in [0, 0.1) is 5.82 Å². The fraction of sp³-hybridized carbons (Fsp3) is 0.133. The maximum atomic E-state index is 12.9. The maximum Gasteiger partial charge on any atom is 0.268 e. The Kier molecular flexibility index (Phi) is 3.72. The van der Waals surface area contributed by atoms with Gasteiger partial charge in [0.05, 0.1) is 12.1 Å². The molecule has 3 rings (SSSR count). The summed E-state index contributed by atoms with van der Waals surface area (Å²) < 4.78 is 13.5. The van der Waals surface area contributed by atoms with E-state index in [1.54, 1.807) is 18.5 Å². The van der Waals surface area contributed by atoms with Crippen molar-refractivity contribution in [2.45, 2.75) is 6.54 Å². The molecule has 0 saturated carbocycles. The Balaban J connectivity index is 1.83. The first-order valence-electron chi connectivity index (χ1n) is 6.52. The Morgan fingerprint density at radius 2 is 2.05 bits per heavy atom. The zero-order valence-electron chi connectivity index (χ0n) is 11.7. The Hall–Kier alpha value is -2.54. The number of aromatic nitrogens is 2. The summed E-state index contributed by atoms with van der Waals surface area (Å²) in [5.74, 6) is -0.255. The van der Waals surface area contributed by atoms with Crippen molar-refractivity contribution < 1.29 is 9.18 Å². The summed E-state index contributed by atoms with van der Waals surface area (Å²) in [6.45, 7) is 0.164. The monoisotopic (exact) mass is 317 g/mol. The molecule has 0 fully saturated rings. The Morgan fingerprint density at radius 1 is 1.32 bits per heavy atom. The van der Waals surface area contributed by atoms with Crippen LogP contribution in [-0.4, -0.2) is 27.8 Å². The number of hydrogen-bond donors (Lipinski definition) is 1. The van der Waals surface area contributed by atoms with Crippen molar-refractivity contribution in [3.63, 3.8) is 0 Å². The number of aromatic amines is 1. The molecule has 2 heterocycles. The molecule has 1 amide bonds. The summed E-state index contributed by atoms with van der Waals surface area (Å²) in [4.78, 5) is 32.6. The van der Waals surface area contributed by atoms with Crippen LogP contribution in [-0.2, 0) is 6.54 Å². The largest absolute Gasteiger partial charge is 0.334 e. The normalized spacial score (nSPS) is 10.8. The molecule has 3 aromatic rings. The van der Waals surface area contributed by atoms with E-state index >= 15 is 0 Å². The van der Waals surface area contributed by atoms with E-state index in [0.717, 1.165) is 0 Å². The predicted octanol–water partition coefficient (Wildman–Crippen LogP) is 2.40. The molecule has 1 N–H and O–H groups in total. The molecule has 0 bridgehead atoms. The molecule has 7 heteroatoms. The number of rotatable bonds is 3. The van der Waals surface area contributed by atoms with Gasteiger partial charge in [-0.3, -0.25) is 9.59 Å². The third-order valence-corrected chi connectivity index (χ3v) is 4.09. The highest BCUT2D eigenvalue weighted by molar-refractivity contribution is 7.17. The molecule has 0 saturated heterocycles. The molecule has 0 spiro atoms. The Labute approximate surface area is 129 Å². The molecular weight excluding hydrogens is 305 g/mol. The number of nitrogens with one attached hydrogen (secondary N) is 1. The van der Waals surface area contributed by atoms with Crippen LogP contribution in [0.2, 0.25) is 0 Å². The second kappa shape index (κ2) is 5.69. The highest BCUT2D eigenvalue weighted by Crippen LogP contribution is 2.14. The first kappa shape index (κ1) is 14.4. The number of amides is 1. The van der Waals surface area contributed by atoms with Gasteiger partial charge in [0.1, 0.15) is 16.3 Å². The summed E-state index contributed by atoms with van der Waals surface area (Å²) >= 11 is 1.32. The summed E-state index contributed by atoms with van der Waals surface area (Å²) in [5, 5.41) is 1.80. The highest BCUT2D eigenvalue weighted by Gasteiger charge is 2.14. The molecule has 0 aliphatic rings. The number of hydrogen-bond acceptors (Lipinski definition) is 4. The first-order valence-corrected chi connectivity index (χ1v) is 7.40. The van der Waals surface area contributed by atoms with Crippen molar-refractivity contribution in [1.82, 2.24) is 14.9 Å². The summed E-state index contributed by atoms with van der Waals surface area (Å²) in [5.41, 5.74) is 0.784. The number of thiophene rings is 1. The molecule has 2 aromatic heterocycles. The molecular formula is C15H12FN3O2S. The molecule has 5 nitrogen and oxygen atoms in total. The zero-order chi connectivity index (χ0) is 15.7. The van der Waals surface area contributed by atoms with Crippen LogP contribution in [0.1, 0.15) is 16.2 Å². The number of H-pyrrole nitrogens is 1. The zero-order valence-corrected chi connectivity index (χ0v) is 12.5. The van der Waals surface area contributed by atoms with E-state index in [4.69, 9.17) is 0 Å².